The molecule has 1 saturated heterocycles. The summed E-state index contributed by atoms with van der Waals surface area (Å²) in [5.74, 6) is 0.737. The van der Waals surface area contributed by atoms with E-state index in [2.05, 4.69) is 38.0 Å². The zero-order valence-electron chi connectivity index (χ0n) is 9.97. The van der Waals surface area contributed by atoms with Crippen LogP contribution in [0.3, 0.4) is 0 Å². The van der Waals surface area contributed by atoms with Crippen LogP contribution in [0.4, 0.5) is 0 Å². The third kappa shape index (κ3) is 3.95. The van der Waals surface area contributed by atoms with Crippen LogP contribution in [-0.2, 0) is 4.74 Å². The summed E-state index contributed by atoms with van der Waals surface area (Å²) in [6.07, 6.45) is 0. The number of rotatable bonds is 6. The molecule has 3 heteroatoms. The molecular formula is C11H24N2O. The first-order valence-corrected chi connectivity index (χ1v) is 5.55. The lowest BCUT2D eigenvalue weighted by Crippen LogP contribution is -2.59. The Labute approximate surface area is 87.8 Å². The van der Waals surface area contributed by atoms with E-state index in [-0.39, 0.29) is 5.60 Å². The molecule has 0 bridgehead atoms. The average Bonchev–Trinajstić information content (AvgIpc) is 1.99. The first-order chi connectivity index (χ1) is 6.52. The monoisotopic (exact) mass is 200 g/mol. The normalized spacial score (nSPS) is 20.1. The van der Waals surface area contributed by atoms with E-state index in [1.54, 1.807) is 0 Å². The fourth-order valence-corrected chi connectivity index (χ4v) is 1.74. The van der Waals surface area contributed by atoms with E-state index in [1.807, 2.05) is 0 Å². The van der Waals surface area contributed by atoms with Gasteiger partial charge in [-0.25, -0.2) is 0 Å². The van der Waals surface area contributed by atoms with E-state index >= 15 is 0 Å². The molecule has 1 aliphatic rings. The second-order valence-electron chi connectivity index (χ2n) is 5.06. The molecule has 1 N–H and O–H groups in total. The van der Waals surface area contributed by atoms with Crippen molar-refractivity contribution in [3.63, 3.8) is 0 Å². The van der Waals surface area contributed by atoms with Gasteiger partial charge in [-0.15, -0.1) is 0 Å². The summed E-state index contributed by atoms with van der Waals surface area (Å²) < 4.78 is 5.81. The molecule has 0 spiro atoms. The van der Waals surface area contributed by atoms with Crippen LogP contribution in [0.5, 0.6) is 0 Å². The quantitative estimate of drug-likeness (QED) is 0.691. The lowest BCUT2D eigenvalue weighted by atomic mass is 10.0. The number of hydrogen-bond donors (Lipinski definition) is 1. The molecule has 1 fully saturated rings. The Balaban J connectivity index is 2.02. The Morgan fingerprint density at radius 3 is 2.50 bits per heavy atom. The van der Waals surface area contributed by atoms with Crippen LogP contribution in [0.2, 0.25) is 0 Å². The zero-order valence-corrected chi connectivity index (χ0v) is 9.97. The fraction of sp³-hybridized carbons (Fsp3) is 1.00. The smallest absolute Gasteiger partial charge is 0.0902 e. The molecule has 84 valence electrons. The predicted octanol–water partition coefficient (Wildman–Crippen LogP) is 0.953. The third-order valence-corrected chi connectivity index (χ3v) is 2.60. The minimum Gasteiger partial charge on any atom is -0.371 e. The molecule has 0 saturated carbocycles. The van der Waals surface area contributed by atoms with Gasteiger partial charge in [0.05, 0.1) is 12.2 Å². The van der Waals surface area contributed by atoms with Gasteiger partial charge in [0.25, 0.3) is 0 Å². The zero-order chi connectivity index (χ0) is 10.6. The van der Waals surface area contributed by atoms with Gasteiger partial charge in [-0.2, -0.15) is 0 Å². The number of likely N-dealkylation sites (N-methyl/N-ethyl adjacent to an activating group) is 1. The van der Waals surface area contributed by atoms with Crippen molar-refractivity contribution in [3.8, 4) is 0 Å². The maximum atomic E-state index is 5.81. The van der Waals surface area contributed by atoms with E-state index < -0.39 is 0 Å². The van der Waals surface area contributed by atoms with Crippen LogP contribution >= 0.6 is 0 Å². The molecule has 0 aromatic heterocycles. The molecule has 0 atom stereocenters. The molecule has 0 amide bonds. The van der Waals surface area contributed by atoms with Gasteiger partial charge < -0.3 is 15.0 Å². The Morgan fingerprint density at radius 2 is 2.07 bits per heavy atom. The highest BCUT2D eigenvalue weighted by Crippen LogP contribution is 2.14. The highest BCUT2D eigenvalue weighted by Gasteiger charge is 2.32. The van der Waals surface area contributed by atoms with Gasteiger partial charge in [0, 0.05) is 26.2 Å². The van der Waals surface area contributed by atoms with Crippen LogP contribution in [0.15, 0.2) is 0 Å². The van der Waals surface area contributed by atoms with Gasteiger partial charge in [-0.3, -0.25) is 0 Å². The summed E-state index contributed by atoms with van der Waals surface area (Å²) in [7, 11) is 2.16. The van der Waals surface area contributed by atoms with E-state index in [0.717, 1.165) is 38.7 Å². The van der Waals surface area contributed by atoms with Gasteiger partial charge in [0.1, 0.15) is 0 Å². The fourth-order valence-electron chi connectivity index (χ4n) is 1.74. The summed E-state index contributed by atoms with van der Waals surface area (Å²) >= 11 is 0. The van der Waals surface area contributed by atoms with Gasteiger partial charge in [-0.1, -0.05) is 13.8 Å². The molecule has 0 unspecified atom stereocenters. The largest absolute Gasteiger partial charge is 0.371 e. The highest BCUT2D eigenvalue weighted by molar-refractivity contribution is 4.90. The van der Waals surface area contributed by atoms with E-state index in [1.165, 1.54) is 0 Å². The summed E-state index contributed by atoms with van der Waals surface area (Å²) in [4.78, 5) is 2.33. The van der Waals surface area contributed by atoms with Crippen molar-refractivity contribution in [2.24, 2.45) is 5.92 Å². The molecule has 3 nitrogen and oxygen atoms in total. The highest BCUT2D eigenvalue weighted by atomic mass is 16.5. The Kier molecular flexibility index (Phi) is 4.35. The number of nitrogens with zero attached hydrogens (tertiary/aromatic N) is 1. The Morgan fingerprint density at radius 1 is 1.43 bits per heavy atom. The number of nitrogens with one attached hydrogen (secondary N) is 1. The van der Waals surface area contributed by atoms with Crippen LogP contribution in [0, 0.1) is 5.92 Å². The van der Waals surface area contributed by atoms with Gasteiger partial charge in [0.15, 0.2) is 0 Å². The summed E-state index contributed by atoms with van der Waals surface area (Å²) in [5, 5.41) is 3.23. The van der Waals surface area contributed by atoms with E-state index in [4.69, 9.17) is 4.74 Å². The van der Waals surface area contributed by atoms with Crippen LogP contribution in [0.1, 0.15) is 20.8 Å². The first-order valence-electron chi connectivity index (χ1n) is 5.55. The molecule has 0 aromatic carbocycles. The van der Waals surface area contributed by atoms with E-state index in [0.29, 0.717) is 0 Å². The molecule has 1 aliphatic heterocycles. The molecule has 14 heavy (non-hydrogen) atoms. The molecule has 0 radical (unpaired) electrons. The minimum atomic E-state index is 0.110. The second-order valence-corrected chi connectivity index (χ2v) is 5.06. The van der Waals surface area contributed by atoms with Crippen molar-refractivity contribution in [1.29, 1.82) is 0 Å². The van der Waals surface area contributed by atoms with Crippen molar-refractivity contribution in [1.82, 2.24) is 10.2 Å². The van der Waals surface area contributed by atoms with Crippen molar-refractivity contribution in [2.45, 2.75) is 26.4 Å². The van der Waals surface area contributed by atoms with Crippen molar-refractivity contribution in [3.05, 3.63) is 0 Å². The molecule has 1 rings (SSSR count). The summed E-state index contributed by atoms with van der Waals surface area (Å²) in [6.45, 7) is 11.7. The molecule has 1 heterocycles. The van der Waals surface area contributed by atoms with Crippen molar-refractivity contribution in [2.75, 3.05) is 39.8 Å². The molecular weight excluding hydrogens is 176 g/mol. The van der Waals surface area contributed by atoms with Gasteiger partial charge in [0.2, 0.25) is 0 Å². The van der Waals surface area contributed by atoms with E-state index in [9.17, 15) is 0 Å². The first kappa shape index (κ1) is 12.0. The average molecular weight is 200 g/mol. The topological polar surface area (TPSA) is 24.5 Å². The Hall–Kier alpha value is -0.120. The maximum Gasteiger partial charge on any atom is 0.0902 e. The Bertz CT molecular complexity index is 167. The predicted molar refractivity (Wildman–Crippen MR) is 59.6 cm³/mol. The maximum absolute atomic E-state index is 5.81. The number of hydrogen-bond acceptors (Lipinski definition) is 3. The standard InChI is InChI=1S/C11H24N2O/c1-10(2)7-13(4)5-6-14-11(3)8-12-9-11/h10,12H,5-9H2,1-4H3. The van der Waals surface area contributed by atoms with Gasteiger partial charge in [-0.05, 0) is 19.9 Å². The summed E-state index contributed by atoms with van der Waals surface area (Å²) in [5.41, 5.74) is 0.110. The van der Waals surface area contributed by atoms with Gasteiger partial charge >= 0.3 is 0 Å². The van der Waals surface area contributed by atoms with Crippen molar-refractivity contribution < 1.29 is 4.74 Å². The lowest BCUT2D eigenvalue weighted by molar-refractivity contribution is -0.0712. The van der Waals surface area contributed by atoms with Crippen LogP contribution < -0.4 is 5.32 Å². The number of ether oxygens (including phenoxy) is 1. The lowest BCUT2D eigenvalue weighted by Gasteiger charge is -2.39. The molecule has 0 aromatic rings. The summed E-state index contributed by atoms with van der Waals surface area (Å²) in [6, 6.07) is 0. The van der Waals surface area contributed by atoms with Crippen molar-refractivity contribution >= 4 is 0 Å². The van der Waals surface area contributed by atoms with Crippen LogP contribution in [-0.4, -0.2) is 50.3 Å². The second kappa shape index (κ2) is 5.10. The third-order valence-electron chi connectivity index (χ3n) is 2.60. The minimum absolute atomic E-state index is 0.110. The SMILES string of the molecule is CC(C)CN(C)CCOC1(C)CNC1. The molecule has 0 aliphatic carbocycles. The van der Waals surface area contributed by atoms with Crippen LogP contribution in [0.25, 0.3) is 0 Å².